The van der Waals surface area contributed by atoms with Crippen LogP contribution in [0.4, 0.5) is 13.2 Å². The van der Waals surface area contributed by atoms with Gasteiger partial charge in [-0.2, -0.15) is 13.2 Å². The number of amides is 1. The van der Waals surface area contributed by atoms with E-state index in [9.17, 15) is 13.2 Å². The summed E-state index contributed by atoms with van der Waals surface area (Å²) in [5.41, 5.74) is 6.13. The maximum absolute atomic E-state index is 15.2. The average Bonchev–Trinajstić information content (AvgIpc) is 3.06. The van der Waals surface area contributed by atoms with Gasteiger partial charge in [-0.05, 0) is 61.3 Å². The molecule has 14 heteroatoms. The van der Waals surface area contributed by atoms with Gasteiger partial charge in [-0.1, -0.05) is 59.6 Å². The predicted molar refractivity (Wildman–Crippen MR) is 184 cm³/mol. The molecule has 2 N–H and O–H groups in total. The van der Waals surface area contributed by atoms with E-state index in [0.717, 1.165) is 38.3 Å². The Bertz CT molecular complexity index is 1980. The summed E-state index contributed by atoms with van der Waals surface area (Å²) in [4.78, 5) is 22.4. The Morgan fingerprint density at radius 2 is 1.67 bits per heavy atom. The number of morpholine rings is 1. The number of carbonyl (C=O) groups is 1. The molecule has 6 rings (SSSR count). The number of ether oxygens (including phenoxy) is 1. The first-order valence-electron chi connectivity index (χ1n) is 15.8. The lowest BCUT2D eigenvalue weighted by Crippen LogP contribution is -2.48. The van der Waals surface area contributed by atoms with E-state index < -0.39 is 38.3 Å². The van der Waals surface area contributed by atoms with E-state index in [1.165, 1.54) is 30.3 Å². The van der Waals surface area contributed by atoms with Crippen molar-refractivity contribution in [2.75, 3.05) is 45.6 Å². The van der Waals surface area contributed by atoms with Crippen LogP contribution in [0.2, 0.25) is 10.0 Å². The number of fused-ring (bicyclic) bond motifs is 1. The zero-order chi connectivity index (χ0) is 35.1. The van der Waals surface area contributed by atoms with Crippen LogP contribution in [-0.2, 0) is 21.1 Å². The number of benzene rings is 3. The first kappa shape index (κ1) is 35.6. The number of aromatic nitrogens is 1. The van der Waals surface area contributed by atoms with Crippen molar-refractivity contribution < 1.29 is 31.1 Å². The number of hydrogen-bond acceptors (Lipinski definition) is 7. The minimum absolute atomic E-state index is 0.0165. The molecule has 1 amide bonds. The molecule has 0 radical (unpaired) electrons. The van der Waals surface area contributed by atoms with Crippen molar-refractivity contribution in [3.8, 4) is 11.3 Å². The molecule has 49 heavy (non-hydrogen) atoms. The van der Waals surface area contributed by atoms with Crippen molar-refractivity contribution in [2.24, 2.45) is 5.73 Å². The van der Waals surface area contributed by atoms with Crippen LogP contribution in [0.3, 0.4) is 0 Å². The lowest BCUT2D eigenvalue weighted by Gasteiger charge is -2.40. The Kier molecular flexibility index (Phi) is 10.3. The Labute approximate surface area is 292 Å². The number of halogens is 5. The quantitative estimate of drug-likeness (QED) is 0.215. The van der Waals surface area contributed by atoms with Crippen molar-refractivity contribution in [3.63, 3.8) is 0 Å². The van der Waals surface area contributed by atoms with Gasteiger partial charge in [-0.15, -0.1) is 0 Å². The molecule has 0 spiro atoms. The molecule has 0 saturated carbocycles. The standard InChI is InChI=1S/C35H35Cl2F3N4O4S/c1-49(46,47)28-10-9-27-30(31(28)32(35(38,39)40)21-5-3-2-4-6-21)29(34(41)45)24(33(42-27)22-7-8-25(36)26(37)19-22)20-43-13-11-23(12-14-43)44-15-17-48-18-16-44/h2-10,19,23,32H,11-18,20H2,1H3,(H2,41,45). The van der Waals surface area contributed by atoms with Gasteiger partial charge in [0.1, 0.15) is 5.92 Å². The molecule has 2 fully saturated rings. The fraction of sp³-hybridized carbons (Fsp3) is 0.371. The van der Waals surface area contributed by atoms with Gasteiger partial charge in [0.25, 0.3) is 0 Å². The molecule has 1 aromatic heterocycles. The number of sulfone groups is 1. The van der Waals surface area contributed by atoms with E-state index in [-0.39, 0.29) is 49.9 Å². The Hall–Kier alpha value is -3.26. The maximum atomic E-state index is 15.2. The van der Waals surface area contributed by atoms with Gasteiger partial charge in [0.15, 0.2) is 9.84 Å². The summed E-state index contributed by atoms with van der Waals surface area (Å²) in [6.07, 6.45) is -2.43. The molecule has 4 aromatic rings. The molecular formula is C35H35Cl2F3N4O4S. The molecule has 3 aromatic carbocycles. The highest BCUT2D eigenvalue weighted by atomic mass is 35.5. The van der Waals surface area contributed by atoms with Crippen LogP contribution >= 0.6 is 23.2 Å². The summed E-state index contributed by atoms with van der Waals surface area (Å²) in [7, 11) is -4.25. The lowest BCUT2D eigenvalue weighted by atomic mass is 9.84. The number of alkyl halides is 3. The van der Waals surface area contributed by atoms with E-state index in [1.54, 1.807) is 24.3 Å². The normalized spacial score (nSPS) is 17.8. The van der Waals surface area contributed by atoms with Gasteiger partial charge in [0.05, 0.1) is 44.9 Å². The Balaban J connectivity index is 1.61. The van der Waals surface area contributed by atoms with Gasteiger partial charge < -0.3 is 10.5 Å². The average molecular weight is 736 g/mol. The molecule has 3 heterocycles. The summed E-state index contributed by atoms with van der Waals surface area (Å²) in [6, 6.07) is 14.6. The molecule has 2 aliphatic heterocycles. The van der Waals surface area contributed by atoms with Crippen molar-refractivity contribution in [1.29, 1.82) is 0 Å². The van der Waals surface area contributed by atoms with Gasteiger partial charge in [-0.25, -0.2) is 13.4 Å². The third-order valence-electron chi connectivity index (χ3n) is 9.34. The van der Waals surface area contributed by atoms with E-state index in [2.05, 4.69) is 9.80 Å². The van der Waals surface area contributed by atoms with Crippen molar-refractivity contribution in [3.05, 3.63) is 93.0 Å². The minimum Gasteiger partial charge on any atom is -0.379 e. The SMILES string of the molecule is CS(=O)(=O)c1ccc2nc(-c3ccc(Cl)c(Cl)c3)c(CN3CCC(N4CCOCC4)CC3)c(C(N)=O)c2c1C(c1ccccc1)C(F)(F)F. The number of hydrogen-bond donors (Lipinski definition) is 1. The van der Waals surface area contributed by atoms with Gasteiger partial charge in [0, 0.05) is 48.4 Å². The Morgan fingerprint density at radius 1 is 1.00 bits per heavy atom. The summed E-state index contributed by atoms with van der Waals surface area (Å²) < 4.78 is 77.6. The van der Waals surface area contributed by atoms with Crippen molar-refractivity contribution in [1.82, 2.24) is 14.8 Å². The second-order valence-electron chi connectivity index (χ2n) is 12.5. The highest BCUT2D eigenvalue weighted by Gasteiger charge is 2.46. The van der Waals surface area contributed by atoms with Crippen LogP contribution in [0, 0.1) is 0 Å². The number of nitrogens with zero attached hydrogens (tertiary/aromatic N) is 3. The minimum atomic E-state index is -4.95. The van der Waals surface area contributed by atoms with Crippen molar-refractivity contribution >= 4 is 49.8 Å². The summed E-state index contributed by atoms with van der Waals surface area (Å²) in [5.74, 6) is -3.41. The second kappa shape index (κ2) is 14.2. The first-order chi connectivity index (χ1) is 23.2. The molecule has 1 atom stereocenters. The van der Waals surface area contributed by atoms with Gasteiger partial charge >= 0.3 is 6.18 Å². The molecule has 0 aliphatic carbocycles. The second-order valence-corrected chi connectivity index (χ2v) is 15.3. The molecule has 0 bridgehead atoms. The smallest absolute Gasteiger partial charge is 0.379 e. The topological polar surface area (TPSA) is 106 Å². The highest BCUT2D eigenvalue weighted by Crippen LogP contribution is 2.47. The summed E-state index contributed by atoms with van der Waals surface area (Å²) in [5, 5.41) is 0.251. The van der Waals surface area contributed by atoms with Gasteiger partial charge in [0.2, 0.25) is 5.91 Å². The van der Waals surface area contributed by atoms with E-state index in [4.69, 9.17) is 38.7 Å². The molecule has 1 unspecified atom stereocenters. The first-order valence-corrected chi connectivity index (χ1v) is 18.5. The molecule has 2 saturated heterocycles. The molecular weight excluding hydrogens is 700 g/mol. The lowest BCUT2D eigenvalue weighted by molar-refractivity contribution is -0.141. The van der Waals surface area contributed by atoms with E-state index in [0.29, 0.717) is 37.9 Å². The zero-order valence-electron chi connectivity index (χ0n) is 26.6. The fourth-order valence-electron chi connectivity index (χ4n) is 7.09. The maximum Gasteiger partial charge on any atom is 0.399 e. The number of carbonyl (C=O) groups excluding carboxylic acids is 1. The summed E-state index contributed by atoms with van der Waals surface area (Å²) >= 11 is 12.6. The third kappa shape index (κ3) is 7.45. The van der Waals surface area contributed by atoms with Crippen LogP contribution in [0.15, 0.2) is 65.6 Å². The summed E-state index contributed by atoms with van der Waals surface area (Å²) in [6.45, 7) is 4.46. The van der Waals surface area contributed by atoms with Crippen LogP contribution in [0.5, 0.6) is 0 Å². The van der Waals surface area contributed by atoms with Crippen molar-refractivity contribution in [2.45, 2.75) is 42.4 Å². The molecule has 260 valence electrons. The third-order valence-corrected chi connectivity index (χ3v) is 11.2. The number of likely N-dealkylation sites (tertiary alicyclic amines) is 1. The van der Waals surface area contributed by atoms with Crippen LogP contribution in [-0.4, -0.2) is 87.0 Å². The number of pyridine rings is 1. The van der Waals surface area contributed by atoms with Gasteiger partial charge in [-0.3, -0.25) is 14.6 Å². The monoisotopic (exact) mass is 734 g/mol. The van der Waals surface area contributed by atoms with E-state index >= 15 is 13.2 Å². The number of rotatable bonds is 8. The number of nitrogens with two attached hydrogens (primary N) is 1. The largest absolute Gasteiger partial charge is 0.399 e. The van der Waals surface area contributed by atoms with Crippen LogP contribution in [0.1, 0.15) is 45.8 Å². The van der Waals surface area contributed by atoms with Crippen LogP contribution in [0.25, 0.3) is 22.2 Å². The zero-order valence-corrected chi connectivity index (χ0v) is 29.0. The molecule has 2 aliphatic rings. The predicted octanol–water partition coefficient (Wildman–Crippen LogP) is 6.70. The number of piperidine rings is 1. The highest BCUT2D eigenvalue weighted by molar-refractivity contribution is 7.90. The van der Waals surface area contributed by atoms with E-state index in [1.807, 2.05) is 0 Å². The molecule has 8 nitrogen and oxygen atoms in total. The Morgan fingerprint density at radius 3 is 2.27 bits per heavy atom. The van der Waals surface area contributed by atoms with Crippen LogP contribution < -0.4 is 5.73 Å². The number of primary amides is 1. The fourth-order valence-corrected chi connectivity index (χ4v) is 8.33.